The van der Waals surface area contributed by atoms with E-state index >= 15 is 0 Å². The van der Waals surface area contributed by atoms with E-state index in [0.29, 0.717) is 5.56 Å². The Kier molecular flexibility index (Phi) is 3.96. The summed E-state index contributed by atoms with van der Waals surface area (Å²) < 4.78 is 51.7. The predicted molar refractivity (Wildman–Crippen MR) is 67.3 cm³/mol. The largest absolute Gasteiger partial charge is 0.392 e. The molecule has 0 saturated carbocycles. The van der Waals surface area contributed by atoms with Gasteiger partial charge < -0.3 is 5.11 Å². The van der Waals surface area contributed by atoms with Gasteiger partial charge in [-0.25, -0.2) is 13.8 Å². The highest BCUT2D eigenvalue weighted by molar-refractivity contribution is 7.92. The smallest absolute Gasteiger partial charge is 0.279 e. The summed E-state index contributed by atoms with van der Waals surface area (Å²) in [5.74, 6) is -2.23. The molecule has 0 saturated heterocycles. The molecule has 20 heavy (non-hydrogen) atoms. The van der Waals surface area contributed by atoms with E-state index in [1.54, 1.807) is 0 Å². The molecule has 0 aliphatic carbocycles. The minimum Gasteiger partial charge on any atom is -0.392 e. The molecule has 2 rings (SSSR count). The van der Waals surface area contributed by atoms with Crippen LogP contribution in [0.3, 0.4) is 0 Å². The number of nitrogens with one attached hydrogen (secondary N) is 1. The number of anilines is 1. The number of aliphatic hydroxyl groups is 1. The number of pyridine rings is 1. The van der Waals surface area contributed by atoms with Crippen molar-refractivity contribution in [2.75, 3.05) is 4.72 Å². The number of aliphatic hydroxyl groups excluding tert-OH is 1. The molecule has 0 fully saturated rings. The zero-order chi connectivity index (χ0) is 14.8. The van der Waals surface area contributed by atoms with Crippen LogP contribution in [0.25, 0.3) is 0 Å². The summed E-state index contributed by atoms with van der Waals surface area (Å²) in [7, 11) is -4.00. The van der Waals surface area contributed by atoms with Gasteiger partial charge in [-0.1, -0.05) is 6.07 Å². The fourth-order valence-electron chi connectivity index (χ4n) is 1.43. The van der Waals surface area contributed by atoms with E-state index in [2.05, 4.69) is 9.71 Å². The summed E-state index contributed by atoms with van der Waals surface area (Å²) in [5, 5.41) is 8.55. The van der Waals surface area contributed by atoms with Crippen LogP contribution in [0.5, 0.6) is 0 Å². The highest BCUT2D eigenvalue weighted by Crippen LogP contribution is 2.17. The van der Waals surface area contributed by atoms with Gasteiger partial charge in [-0.15, -0.1) is 0 Å². The summed E-state index contributed by atoms with van der Waals surface area (Å²) >= 11 is 0. The Morgan fingerprint density at radius 2 is 1.90 bits per heavy atom. The molecular formula is C12H10F2N2O3S. The molecule has 8 heteroatoms. The third kappa shape index (κ3) is 3.09. The van der Waals surface area contributed by atoms with Crippen LogP contribution < -0.4 is 4.72 Å². The molecule has 2 aromatic rings. The molecule has 2 N–H and O–H groups in total. The quantitative estimate of drug-likeness (QED) is 0.900. The fourth-order valence-corrected chi connectivity index (χ4v) is 2.41. The number of nitrogens with zero attached hydrogens (tertiary/aromatic N) is 1. The molecule has 0 spiro atoms. The molecule has 1 aromatic carbocycles. The summed E-state index contributed by atoms with van der Waals surface area (Å²) in [4.78, 5) is 3.68. The zero-order valence-electron chi connectivity index (χ0n) is 10.0. The molecule has 0 bridgehead atoms. The lowest BCUT2D eigenvalue weighted by molar-refractivity contribution is 0.281. The molecule has 0 amide bonds. The van der Waals surface area contributed by atoms with Crippen LogP contribution in [-0.2, 0) is 16.6 Å². The highest BCUT2D eigenvalue weighted by Gasteiger charge is 2.16. The first kappa shape index (κ1) is 14.4. The van der Waals surface area contributed by atoms with Crippen molar-refractivity contribution in [1.82, 2.24) is 4.98 Å². The van der Waals surface area contributed by atoms with Crippen molar-refractivity contribution in [3.8, 4) is 0 Å². The summed E-state index contributed by atoms with van der Waals surface area (Å²) in [6.45, 7) is -0.260. The topological polar surface area (TPSA) is 79.3 Å². The number of aromatic nitrogens is 1. The maximum absolute atomic E-state index is 13.0. The molecular weight excluding hydrogens is 290 g/mol. The van der Waals surface area contributed by atoms with Gasteiger partial charge in [-0.3, -0.25) is 4.72 Å². The number of rotatable bonds is 4. The van der Waals surface area contributed by atoms with Crippen LogP contribution in [0.2, 0.25) is 0 Å². The van der Waals surface area contributed by atoms with E-state index in [1.807, 2.05) is 0 Å². The number of halogens is 2. The van der Waals surface area contributed by atoms with E-state index in [0.717, 1.165) is 18.2 Å². The maximum Gasteiger partial charge on any atom is 0.279 e. The second kappa shape index (κ2) is 5.51. The van der Waals surface area contributed by atoms with Crippen molar-refractivity contribution in [1.29, 1.82) is 0 Å². The van der Waals surface area contributed by atoms with E-state index in [-0.39, 0.29) is 17.3 Å². The SMILES string of the molecule is O=S(=O)(Nc1ccc(F)c(F)c1)c1ccc(CO)cn1. The van der Waals surface area contributed by atoms with Crippen LogP contribution in [0, 0.1) is 11.6 Å². The molecule has 0 unspecified atom stereocenters. The molecule has 0 aliphatic rings. The van der Waals surface area contributed by atoms with Gasteiger partial charge in [0.05, 0.1) is 12.3 Å². The first-order valence-corrected chi connectivity index (χ1v) is 6.94. The summed E-state index contributed by atoms with van der Waals surface area (Å²) in [6.07, 6.45) is 1.21. The van der Waals surface area contributed by atoms with Gasteiger partial charge in [-0.2, -0.15) is 8.42 Å². The number of hydrogen-bond donors (Lipinski definition) is 2. The van der Waals surface area contributed by atoms with Crippen LogP contribution >= 0.6 is 0 Å². The minimum absolute atomic E-state index is 0.114. The van der Waals surface area contributed by atoms with Gasteiger partial charge in [0.2, 0.25) is 0 Å². The second-order valence-corrected chi connectivity index (χ2v) is 5.53. The molecule has 0 radical (unpaired) electrons. The molecule has 1 aromatic heterocycles. The van der Waals surface area contributed by atoms with Crippen LogP contribution in [-0.4, -0.2) is 18.5 Å². The average molecular weight is 300 g/mol. The van der Waals surface area contributed by atoms with Crippen molar-refractivity contribution in [3.63, 3.8) is 0 Å². The monoisotopic (exact) mass is 300 g/mol. The van der Waals surface area contributed by atoms with E-state index in [9.17, 15) is 17.2 Å². The van der Waals surface area contributed by atoms with Crippen molar-refractivity contribution in [3.05, 3.63) is 53.7 Å². The summed E-state index contributed by atoms with van der Waals surface area (Å²) in [5.41, 5.74) is 0.341. The molecule has 0 atom stereocenters. The molecule has 1 heterocycles. The van der Waals surface area contributed by atoms with Gasteiger partial charge in [0.1, 0.15) is 0 Å². The van der Waals surface area contributed by atoms with E-state index in [1.165, 1.54) is 18.3 Å². The van der Waals surface area contributed by atoms with E-state index in [4.69, 9.17) is 5.11 Å². The van der Waals surface area contributed by atoms with Crippen molar-refractivity contribution < 1.29 is 22.3 Å². The van der Waals surface area contributed by atoms with Gasteiger partial charge in [0, 0.05) is 12.3 Å². The lowest BCUT2D eigenvalue weighted by Gasteiger charge is -2.08. The second-order valence-electron chi connectivity index (χ2n) is 3.90. The first-order chi connectivity index (χ1) is 9.42. The highest BCUT2D eigenvalue weighted by atomic mass is 32.2. The lowest BCUT2D eigenvalue weighted by Crippen LogP contribution is -2.14. The Balaban J connectivity index is 2.27. The normalized spacial score (nSPS) is 11.3. The van der Waals surface area contributed by atoms with Crippen molar-refractivity contribution >= 4 is 15.7 Å². The third-order valence-electron chi connectivity index (χ3n) is 2.43. The number of sulfonamides is 1. The predicted octanol–water partition coefficient (Wildman–Crippen LogP) is 1.65. The van der Waals surface area contributed by atoms with E-state index < -0.39 is 21.7 Å². The number of hydrogen-bond acceptors (Lipinski definition) is 4. The zero-order valence-corrected chi connectivity index (χ0v) is 10.9. The van der Waals surface area contributed by atoms with Gasteiger partial charge in [0.15, 0.2) is 16.7 Å². The summed E-state index contributed by atoms with van der Waals surface area (Å²) in [6, 6.07) is 5.24. The Hall–Kier alpha value is -2.06. The maximum atomic E-state index is 13.0. The Labute approximate surface area is 114 Å². The minimum atomic E-state index is -4.00. The van der Waals surface area contributed by atoms with Gasteiger partial charge in [0.25, 0.3) is 10.0 Å². The third-order valence-corrected chi connectivity index (χ3v) is 3.72. The first-order valence-electron chi connectivity index (χ1n) is 5.46. The lowest BCUT2D eigenvalue weighted by atomic mass is 10.3. The van der Waals surface area contributed by atoms with Crippen LogP contribution in [0.1, 0.15) is 5.56 Å². The Bertz CT molecular complexity index is 718. The Morgan fingerprint density at radius 1 is 1.15 bits per heavy atom. The van der Waals surface area contributed by atoms with Crippen LogP contribution in [0.4, 0.5) is 14.5 Å². The molecule has 0 aliphatic heterocycles. The van der Waals surface area contributed by atoms with Gasteiger partial charge >= 0.3 is 0 Å². The Morgan fingerprint density at radius 3 is 2.45 bits per heavy atom. The van der Waals surface area contributed by atoms with Gasteiger partial charge in [-0.05, 0) is 23.8 Å². The fraction of sp³-hybridized carbons (Fsp3) is 0.0833. The standard InChI is InChI=1S/C12H10F2N2O3S/c13-10-3-2-9(5-11(10)14)16-20(18,19)12-4-1-8(7-17)6-15-12/h1-6,16-17H,7H2. The van der Waals surface area contributed by atoms with Crippen LogP contribution in [0.15, 0.2) is 41.6 Å². The molecule has 5 nitrogen and oxygen atoms in total. The van der Waals surface area contributed by atoms with Crippen molar-refractivity contribution in [2.45, 2.75) is 11.6 Å². The average Bonchev–Trinajstić information content (AvgIpc) is 2.43. The van der Waals surface area contributed by atoms with Crippen molar-refractivity contribution in [2.24, 2.45) is 0 Å². The molecule has 106 valence electrons. The number of benzene rings is 1.